The molecule has 7 rings (SSSR count). The van der Waals surface area contributed by atoms with Gasteiger partial charge in [-0.2, -0.15) is 17.9 Å². The standard InChI is InChI=1S/C36H40F3N7O3/c1-48-31-17-16-29(46-35(36(37,38)39)40-41-42-46)33(49-2)28(31)22-43-20-27-21-44(34(47)26-14-9-15-26)18-19-45(27)30(23-43)32(24-10-5-3-6-11-24)25-12-7-4-8-13-25/h3-8,10-13,16-17,26-27,30,32H,9,14-15,18-23H2,1-2H3/t27-,30+/m1/s1. The van der Waals surface area contributed by atoms with Gasteiger partial charge in [-0.15, -0.1) is 5.10 Å². The number of amides is 1. The minimum absolute atomic E-state index is 0.0345. The van der Waals surface area contributed by atoms with Crippen molar-refractivity contribution in [1.29, 1.82) is 0 Å². The predicted octanol–water partition coefficient (Wildman–Crippen LogP) is 5.03. The van der Waals surface area contributed by atoms with Crippen LogP contribution in [0.1, 0.15) is 47.7 Å². The molecule has 0 radical (unpaired) electrons. The first kappa shape index (κ1) is 33.0. The van der Waals surface area contributed by atoms with Gasteiger partial charge in [-0.1, -0.05) is 67.1 Å². The zero-order valence-electron chi connectivity index (χ0n) is 27.6. The quantitative estimate of drug-likeness (QED) is 0.244. The van der Waals surface area contributed by atoms with Crippen LogP contribution in [-0.4, -0.2) is 99.8 Å². The number of piperazine rings is 2. The Hall–Kier alpha value is -4.49. The van der Waals surface area contributed by atoms with Crippen molar-refractivity contribution < 1.29 is 27.4 Å². The number of aromatic nitrogens is 4. The first-order chi connectivity index (χ1) is 23.8. The van der Waals surface area contributed by atoms with E-state index in [1.165, 1.54) is 31.4 Å². The molecule has 2 saturated heterocycles. The fraction of sp³-hybridized carbons (Fsp3) is 0.444. The Morgan fingerprint density at radius 1 is 0.898 bits per heavy atom. The summed E-state index contributed by atoms with van der Waals surface area (Å²) in [7, 11) is 2.95. The van der Waals surface area contributed by atoms with Gasteiger partial charge in [0.1, 0.15) is 11.4 Å². The van der Waals surface area contributed by atoms with Gasteiger partial charge in [-0.25, -0.2) is 0 Å². The van der Waals surface area contributed by atoms with E-state index in [4.69, 9.17) is 9.47 Å². The summed E-state index contributed by atoms with van der Waals surface area (Å²) in [5, 5.41) is 10.2. The summed E-state index contributed by atoms with van der Waals surface area (Å²) < 4.78 is 53.9. The largest absolute Gasteiger partial charge is 0.496 e. The lowest BCUT2D eigenvalue weighted by Gasteiger charge is -2.54. The molecule has 1 amide bonds. The van der Waals surface area contributed by atoms with Crippen molar-refractivity contribution in [3.63, 3.8) is 0 Å². The molecular formula is C36H40F3N7O3. The molecule has 13 heteroatoms. The summed E-state index contributed by atoms with van der Waals surface area (Å²) in [5.41, 5.74) is 3.05. The fourth-order valence-electron chi connectivity index (χ4n) is 7.79. The van der Waals surface area contributed by atoms with Crippen LogP contribution < -0.4 is 9.47 Å². The molecule has 1 saturated carbocycles. The molecule has 49 heavy (non-hydrogen) atoms. The van der Waals surface area contributed by atoms with E-state index in [0.717, 1.165) is 25.8 Å². The van der Waals surface area contributed by atoms with Crippen molar-refractivity contribution in [2.75, 3.05) is 46.9 Å². The average Bonchev–Trinajstić information content (AvgIpc) is 3.59. The van der Waals surface area contributed by atoms with E-state index in [0.29, 0.717) is 48.7 Å². The number of ether oxygens (including phenoxy) is 2. The second-order valence-electron chi connectivity index (χ2n) is 13.1. The molecule has 3 heterocycles. The van der Waals surface area contributed by atoms with Crippen LogP contribution in [0.2, 0.25) is 0 Å². The van der Waals surface area contributed by atoms with Crippen LogP contribution in [-0.2, 0) is 17.5 Å². The van der Waals surface area contributed by atoms with Crippen LogP contribution in [0, 0.1) is 5.92 Å². The molecule has 1 aliphatic carbocycles. The van der Waals surface area contributed by atoms with Crippen molar-refractivity contribution >= 4 is 5.91 Å². The Morgan fingerprint density at radius 2 is 1.59 bits per heavy atom. The number of benzene rings is 3. The number of halogens is 3. The molecular weight excluding hydrogens is 635 g/mol. The van der Waals surface area contributed by atoms with Gasteiger partial charge in [0.25, 0.3) is 5.82 Å². The van der Waals surface area contributed by atoms with Gasteiger partial charge in [0.2, 0.25) is 5.91 Å². The highest BCUT2D eigenvalue weighted by atomic mass is 19.4. The normalized spacial score (nSPS) is 20.6. The maximum Gasteiger partial charge on any atom is 0.453 e. The first-order valence-electron chi connectivity index (χ1n) is 16.7. The third-order valence-corrected chi connectivity index (χ3v) is 10.3. The molecule has 3 fully saturated rings. The lowest BCUT2D eigenvalue weighted by molar-refractivity contribution is -0.146. The molecule has 0 unspecified atom stereocenters. The summed E-state index contributed by atoms with van der Waals surface area (Å²) in [6.45, 7) is 3.71. The van der Waals surface area contributed by atoms with Crippen LogP contribution in [0.5, 0.6) is 11.5 Å². The second-order valence-corrected chi connectivity index (χ2v) is 13.1. The Morgan fingerprint density at radius 3 is 2.18 bits per heavy atom. The number of hydrogen-bond acceptors (Lipinski definition) is 8. The number of fused-ring (bicyclic) bond motifs is 1. The number of rotatable bonds is 9. The van der Waals surface area contributed by atoms with Gasteiger partial charge in [-0.05, 0) is 46.5 Å². The molecule has 2 aliphatic heterocycles. The summed E-state index contributed by atoms with van der Waals surface area (Å²) in [5.74, 6) is -0.166. The number of carbonyl (C=O) groups is 1. The van der Waals surface area contributed by atoms with Crippen LogP contribution in [0.25, 0.3) is 5.69 Å². The van der Waals surface area contributed by atoms with E-state index in [9.17, 15) is 18.0 Å². The lowest BCUT2D eigenvalue weighted by Crippen LogP contribution is -2.67. The Kier molecular flexibility index (Phi) is 9.29. The van der Waals surface area contributed by atoms with E-state index in [-0.39, 0.29) is 41.3 Å². The highest BCUT2D eigenvalue weighted by molar-refractivity contribution is 5.79. The van der Waals surface area contributed by atoms with Gasteiger partial charge in [0.15, 0.2) is 5.75 Å². The maximum absolute atomic E-state index is 13.9. The molecule has 0 bridgehead atoms. The maximum atomic E-state index is 13.9. The average molecular weight is 676 g/mol. The van der Waals surface area contributed by atoms with E-state index in [1.807, 2.05) is 17.0 Å². The number of alkyl halides is 3. The van der Waals surface area contributed by atoms with Crippen LogP contribution in [0.3, 0.4) is 0 Å². The summed E-state index contributed by atoms with van der Waals surface area (Å²) >= 11 is 0. The third kappa shape index (κ3) is 6.49. The number of hydrogen-bond donors (Lipinski definition) is 0. The molecule has 3 aromatic carbocycles. The van der Waals surface area contributed by atoms with E-state index < -0.39 is 12.0 Å². The van der Waals surface area contributed by atoms with Crippen LogP contribution >= 0.6 is 0 Å². The van der Waals surface area contributed by atoms with Crippen LogP contribution in [0.15, 0.2) is 72.8 Å². The Balaban J connectivity index is 1.28. The van der Waals surface area contributed by atoms with Crippen molar-refractivity contribution in [3.8, 4) is 17.2 Å². The molecule has 10 nitrogen and oxygen atoms in total. The summed E-state index contributed by atoms with van der Waals surface area (Å²) in [4.78, 5) is 20.4. The summed E-state index contributed by atoms with van der Waals surface area (Å²) in [6.07, 6.45) is -1.76. The monoisotopic (exact) mass is 675 g/mol. The Labute approximate surface area is 283 Å². The van der Waals surface area contributed by atoms with Gasteiger partial charge in [0.05, 0.1) is 19.8 Å². The molecule has 0 spiro atoms. The van der Waals surface area contributed by atoms with Gasteiger partial charge in [0, 0.05) is 63.2 Å². The van der Waals surface area contributed by atoms with E-state index in [2.05, 4.69) is 73.9 Å². The Bertz CT molecular complexity index is 1710. The van der Waals surface area contributed by atoms with Crippen molar-refractivity contribution in [2.45, 2.75) is 50.0 Å². The SMILES string of the molecule is COc1ccc(-n2nnnc2C(F)(F)F)c(OC)c1CN1C[C@@H]2CN(C(=O)C3CCC3)CCN2[C@H](C(c2ccccc2)c2ccccc2)C1. The van der Waals surface area contributed by atoms with Gasteiger partial charge in [-0.3, -0.25) is 14.6 Å². The van der Waals surface area contributed by atoms with Crippen molar-refractivity contribution in [1.82, 2.24) is 34.9 Å². The molecule has 2 atom stereocenters. The number of tetrazole rings is 1. The summed E-state index contributed by atoms with van der Waals surface area (Å²) in [6, 6.07) is 24.2. The van der Waals surface area contributed by atoms with E-state index >= 15 is 0 Å². The smallest absolute Gasteiger partial charge is 0.453 e. The predicted molar refractivity (Wildman–Crippen MR) is 175 cm³/mol. The number of nitrogens with zero attached hydrogens (tertiary/aromatic N) is 7. The van der Waals surface area contributed by atoms with Crippen molar-refractivity contribution in [2.24, 2.45) is 5.92 Å². The second kappa shape index (κ2) is 13.8. The zero-order chi connectivity index (χ0) is 34.1. The van der Waals surface area contributed by atoms with Gasteiger partial charge >= 0.3 is 6.18 Å². The fourth-order valence-corrected chi connectivity index (χ4v) is 7.79. The third-order valence-electron chi connectivity index (χ3n) is 10.3. The van der Waals surface area contributed by atoms with Gasteiger partial charge < -0.3 is 14.4 Å². The first-order valence-corrected chi connectivity index (χ1v) is 16.7. The topological polar surface area (TPSA) is 88.8 Å². The minimum Gasteiger partial charge on any atom is -0.496 e. The lowest BCUT2D eigenvalue weighted by atomic mass is 9.81. The molecule has 0 N–H and O–H groups in total. The zero-order valence-corrected chi connectivity index (χ0v) is 27.6. The van der Waals surface area contributed by atoms with E-state index in [1.54, 1.807) is 6.07 Å². The molecule has 3 aliphatic rings. The molecule has 4 aromatic rings. The van der Waals surface area contributed by atoms with Crippen molar-refractivity contribution in [3.05, 3.63) is 95.3 Å². The number of carbonyl (C=O) groups excluding carboxylic acids is 1. The minimum atomic E-state index is -4.77. The highest BCUT2D eigenvalue weighted by Gasteiger charge is 2.45. The molecule has 258 valence electrons. The van der Waals surface area contributed by atoms with Crippen LogP contribution in [0.4, 0.5) is 13.2 Å². The number of methoxy groups -OCH3 is 2. The highest BCUT2D eigenvalue weighted by Crippen LogP contribution is 2.41. The molecule has 1 aromatic heterocycles.